The van der Waals surface area contributed by atoms with Gasteiger partial charge in [-0.2, -0.15) is 5.10 Å². The number of anilines is 1. The molecule has 1 aliphatic heterocycles. The fraction of sp³-hybridized carbons (Fsp3) is 0.240. The van der Waals surface area contributed by atoms with Crippen molar-refractivity contribution in [2.45, 2.75) is 39.0 Å². The number of carbonyl (C=O) groups excluding carboxylic acids is 1. The monoisotopic (exact) mass is 413 g/mol. The van der Waals surface area contributed by atoms with Crippen LogP contribution in [0.4, 0.5) is 5.82 Å². The van der Waals surface area contributed by atoms with Gasteiger partial charge in [-0.3, -0.25) is 4.79 Å². The number of Topliss-reactive ketones (excluding diaryl/α,β-unsaturated/α-hetero) is 1. The summed E-state index contributed by atoms with van der Waals surface area (Å²) in [5.41, 5.74) is 6.81. The van der Waals surface area contributed by atoms with Crippen molar-refractivity contribution in [1.29, 1.82) is 0 Å². The van der Waals surface area contributed by atoms with Crippen LogP contribution in [0.15, 0.2) is 59.8 Å². The number of rotatable bonds is 3. The number of hydrogen-bond donors (Lipinski definition) is 2. The molecular weight excluding hydrogens is 390 g/mol. The van der Waals surface area contributed by atoms with E-state index in [0.29, 0.717) is 6.42 Å². The fourth-order valence-corrected chi connectivity index (χ4v) is 4.65. The molecule has 0 spiro atoms. The van der Waals surface area contributed by atoms with E-state index in [1.54, 1.807) is 12.1 Å². The number of carbonyl (C=O) groups is 2. The number of aryl methyl sites for hydroxylation is 2. The third-order valence-corrected chi connectivity index (χ3v) is 6.18. The lowest BCUT2D eigenvalue weighted by molar-refractivity contribution is -0.116. The van der Waals surface area contributed by atoms with Gasteiger partial charge in [0.1, 0.15) is 5.82 Å². The predicted molar refractivity (Wildman–Crippen MR) is 118 cm³/mol. The largest absolute Gasteiger partial charge is 0.478 e. The number of benzene rings is 2. The van der Waals surface area contributed by atoms with Crippen LogP contribution < -0.4 is 5.32 Å². The summed E-state index contributed by atoms with van der Waals surface area (Å²) in [5, 5.41) is 17.6. The van der Waals surface area contributed by atoms with Gasteiger partial charge in [0.25, 0.3) is 0 Å². The molecule has 1 atom stereocenters. The van der Waals surface area contributed by atoms with E-state index in [2.05, 4.69) is 17.4 Å². The van der Waals surface area contributed by atoms with Crippen molar-refractivity contribution >= 4 is 17.6 Å². The number of carboxylic acids is 1. The van der Waals surface area contributed by atoms with Crippen molar-refractivity contribution in [3.05, 3.63) is 87.7 Å². The van der Waals surface area contributed by atoms with E-state index in [-0.39, 0.29) is 17.3 Å². The van der Waals surface area contributed by atoms with Crippen LogP contribution in [-0.4, -0.2) is 26.6 Å². The minimum atomic E-state index is -0.963. The molecule has 5 rings (SSSR count). The number of carboxylic acid groups (broad SMARTS) is 1. The SMILES string of the molecule is Cc1ccc(-n2nc(C)c3c2NC2=C(C(=O)CCC2)[C@@H]3c2ccc(C(=O)O)cc2)cc1. The predicted octanol–water partition coefficient (Wildman–Crippen LogP) is 4.75. The molecule has 1 aliphatic carbocycles. The van der Waals surface area contributed by atoms with Gasteiger partial charge in [-0.15, -0.1) is 0 Å². The van der Waals surface area contributed by atoms with E-state index >= 15 is 0 Å². The van der Waals surface area contributed by atoms with Crippen molar-refractivity contribution in [2.75, 3.05) is 5.32 Å². The Morgan fingerprint density at radius 2 is 1.77 bits per heavy atom. The van der Waals surface area contributed by atoms with E-state index in [0.717, 1.165) is 52.4 Å². The summed E-state index contributed by atoms with van der Waals surface area (Å²) in [7, 11) is 0. The molecule has 0 amide bonds. The van der Waals surface area contributed by atoms with Crippen molar-refractivity contribution in [3.8, 4) is 5.69 Å². The zero-order valence-electron chi connectivity index (χ0n) is 17.5. The molecule has 0 bridgehead atoms. The Morgan fingerprint density at radius 3 is 2.45 bits per heavy atom. The van der Waals surface area contributed by atoms with Gasteiger partial charge in [0.15, 0.2) is 5.78 Å². The molecule has 1 aromatic heterocycles. The molecule has 0 radical (unpaired) electrons. The minimum absolute atomic E-state index is 0.147. The van der Waals surface area contributed by atoms with Gasteiger partial charge in [0.05, 0.1) is 16.9 Å². The molecular formula is C25H23N3O3. The minimum Gasteiger partial charge on any atom is -0.478 e. The summed E-state index contributed by atoms with van der Waals surface area (Å²) in [4.78, 5) is 24.3. The van der Waals surface area contributed by atoms with E-state index < -0.39 is 5.97 Å². The number of allylic oxidation sites excluding steroid dienone is 2. The number of ketones is 1. The average Bonchev–Trinajstić information content (AvgIpc) is 3.09. The number of nitrogens with zero attached hydrogens (tertiary/aromatic N) is 2. The van der Waals surface area contributed by atoms with Gasteiger partial charge >= 0.3 is 5.97 Å². The Balaban J connectivity index is 1.71. The lowest BCUT2D eigenvalue weighted by Crippen LogP contribution is -2.27. The Kier molecular flexibility index (Phi) is 4.50. The van der Waals surface area contributed by atoms with Crippen LogP contribution in [0.3, 0.4) is 0 Å². The smallest absolute Gasteiger partial charge is 0.335 e. The molecule has 31 heavy (non-hydrogen) atoms. The second-order valence-corrected chi connectivity index (χ2v) is 8.25. The first-order chi connectivity index (χ1) is 14.9. The van der Waals surface area contributed by atoms with Crippen LogP contribution in [0, 0.1) is 13.8 Å². The maximum absolute atomic E-state index is 13.0. The Hall–Kier alpha value is -3.67. The topological polar surface area (TPSA) is 84.2 Å². The number of nitrogens with one attached hydrogen (secondary N) is 1. The Labute approximate surface area is 180 Å². The van der Waals surface area contributed by atoms with Gasteiger partial charge in [0.2, 0.25) is 0 Å². The summed E-state index contributed by atoms with van der Waals surface area (Å²) in [6.07, 6.45) is 2.16. The van der Waals surface area contributed by atoms with Gasteiger partial charge in [-0.1, -0.05) is 29.8 Å². The van der Waals surface area contributed by atoms with E-state index in [4.69, 9.17) is 5.10 Å². The molecule has 0 saturated heterocycles. The molecule has 2 aromatic carbocycles. The van der Waals surface area contributed by atoms with E-state index in [1.807, 2.05) is 42.8 Å². The van der Waals surface area contributed by atoms with Gasteiger partial charge < -0.3 is 10.4 Å². The Morgan fingerprint density at radius 1 is 1.06 bits per heavy atom. The molecule has 0 saturated carbocycles. The van der Waals surface area contributed by atoms with Gasteiger partial charge in [-0.25, -0.2) is 9.48 Å². The van der Waals surface area contributed by atoms with Crippen molar-refractivity contribution in [3.63, 3.8) is 0 Å². The van der Waals surface area contributed by atoms with Crippen LogP contribution in [0.25, 0.3) is 5.69 Å². The molecule has 3 aromatic rings. The summed E-state index contributed by atoms with van der Waals surface area (Å²) >= 11 is 0. The van der Waals surface area contributed by atoms with Crippen LogP contribution in [-0.2, 0) is 4.79 Å². The highest BCUT2D eigenvalue weighted by Crippen LogP contribution is 2.47. The van der Waals surface area contributed by atoms with Crippen LogP contribution in [0.5, 0.6) is 0 Å². The molecule has 2 aliphatic rings. The summed E-state index contributed by atoms with van der Waals surface area (Å²) in [6, 6.07) is 15.0. The van der Waals surface area contributed by atoms with Crippen molar-refractivity contribution in [1.82, 2.24) is 9.78 Å². The lowest BCUT2D eigenvalue weighted by Gasteiger charge is -2.33. The number of aromatic nitrogens is 2. The third kappa shape index (κ3) is 3.15. The van der Waals surface area contributed by atoms with Crippen LogP contribution in [0.2, 0.25) is 0 Å². The molecule has 6 heteroatoms. The normalized spacial score (nSPS) is 17.7. The van der Waals surface area contributed by atoms with Gasteiger partial charge in [0, 0.05) is 29.2 Å². The van der Waals surface area contributed by atoms with E-state index in [9.17, 15) is 14.7 Å². The van der Waals surface area contributed by atoms with Crippen LogP contribution >= 0.6 is 0 Å². The number of fused-ring (bicyclic) bond motifs is 1. The number of hydrogen-bond acceptors (Lipinski definition) is 4. The second kappa shape index (κ2) is 7.23. The highest BCUT2D eigenvalue weighted by Gasteiger charge is 2.38. The zero-order valence-corrected chi connectivity index (χ0v) is 17.5. The van der Waals surface area contributed by atoms with Crippen molar-refractivity contribution in [2.24, 2.45) is 0 Å². The third-order valence-electron chi connectivity index (χ3n) is 6.18. The first-order valence-electron chi connectivity index (χ1n) is 10.5. The van der Waals surface area contributed by atoms with Crippen molar-refractivity contribution < 1.29 is 14.7 Å². The zero-order chi connectivity index (χ0) is 21.7. The highest BCUT2D eigenvalue weighted by atomic mass is 16.4. The quantitative estimate of drug-likeness (QED) is 0.647. The molecule has 6 nitrogen and oxygen atoms in total. The van der Waals surface area contributed by atoms with E-state index in [1.165, 1.54) is 5.56 Å². The summed E-state index contributed by atoms with van der Waals surface area (Å²) < 4.78 is 1.91. The second-order valence-electron chi connectivity index (χ2n) is 8.25. The van der Waals surface area contributed by atoms with Gasteiger partial charge in [-0.05, 0) is 56.5 Å². The molecule has 2 heterocycles. The molecule has 2 N–H and O–H groups in total. The first-order valence-corrected chi connectivity index (χ1v) is 10.5. The Bertz CT molecular complexity index is 1230. The first kappa shape index (κ1) is 19.3. The average molecular weight is 413 g/mol. The fourth-order valence-electron chi connectivity index (χ4n) is 4.65. The molecule has 0 fully saturated rings. The number of aromatic carboxylic acids is 1. The molecule has 156 valence electrons. The highest BCUT2D eigenvalue weighted by molar-refractivity contribution is 6.01. The molecule has 0 unspecified atom stereocenters. The standard InChI is InChI=1S/C25H23N3O3/c1-14-6-12-18(13-7-14)28-24-21(15(2)27-28)22(16-8-10-17(11-9-16)25(30)31)23-19(26-24)4-3-5-20(23)29/h6-13,22,26H,3-5H2,1-2H3,(H,30,31)/t22-/m1/s1. The summed E-state index contributed by atoms with van der Waals surface area (Å²) in [6.45, 7) is 4.01. The maximum atomic E-state index is 13.0. The van der Waals surface area contributed by atoms with Crippen LogP contribution in [0.1, 0.15) is 57.9 Å². The summed E-state index contributed by atoms with van der Waals surface area (Å²) in [5.74, 6) is -0.202. The lowest BCUT2D eigenvalue weighted by atomic mass is 9.76. The maximum Gasteiger partial charge on any atom is 0.335 e.